The molecule has 2 saturated heterocycles. The highest BCUT2D eigenvalue weighted by Crippen LogP contribution is 2.23. The number of aryl methyl sites for hydroxylation is 1. The molecule has 3 atom stereocenters. The zero-order valence-corrected chi connectivity index (χ0v) is 18.6. The molecule has 9 nitrogen and oxygen atoms in total. The van der Waals surface area contributed by atoms with E-state index in [0.717, 1.165) is 22.4 Å². The van der Waals surface area contributed by atoms with E-state index in [0.29, 0.717) is 12.4 Å². The van der Waals surface area contributed by atoms with Gasteiger partial charge in [0.25, 0.3) is 0 Å². The summed E-state index contributed by atoms with van der Waals surface area (Å²) in [7, 11) is 1.90. The van der Waals surface area contributed by atoms with Gasteiger partial charge in [-0.15, -0.1) is 0 Å². The van der Waals surface area contributed by atoms with Gasteiger partial charge in [-0.25, -0.2) is 9.69 Å². The molecule has 2 aliphatic heterocycles. The van der Waals surface area contributed by atoms with Gasteiger partial charge in [0.2, 0.25) is 11.8 Å². The minimum Gasteiger partial charge on any atom is -0.321 e. The van der Waals surface area contributed by atoms with Crippen molar-refractivity contribution in [2.24, 2.45) is 5.92 Å². The highest BCUT2D eigenvalue weighted by atomic mass is 16.2. The van der Waals surface area contributed by atoms with Gasteiger partial charge in [-0.1, -0.05) is 54.6 Å². The van der Waals surface area contributed by atoms with Gasteiger partial charge < -0.3 is 10.6 Å². The maximum absolute atomic E-state index is 12.8. The number of hydrogen-bond donors (Lipinski definition) is 4. The Morgan fingerprint density at radius 1 is 1.12 bits per heavy atom. The number of amides is 2. The molecule has 5 rings (SSSR count). The molecule has 0 aliphatic carbocycles. The lowest BCUT2D eigenvalue weighted by atomic mass is 10.0. The fraction of sp³-hybridized carbons (Fsp3) is 0.292. The molecule has 2 amide bonds. The summed E-state index contributed by atoms with van der Waals surface area (Å²) in [6.07, 6.45) is -0.476. The van der Waals surface area contributed by atoms with Gasteiger partial charge in [-0.2, -0.15) is 5.10 Å². The van der Waals surface area contributed by atoms with Crippen LogP contribution in [0.3, 0.4) is 0 Å². The van der Waals surface area contributed by atoms with Crippen LogP contribution in [0.5, 0.6) is 0 Å². The van der Waals surface area contributed by atoms with Crippen LogP contribution in [0.2, 0.25) is 0 Å². The number of fused-ring (bicyclic) bond motifs is 1. The van der Waals surface area contributed by atoms with Crippen molar-refractivity contribution in [2.75, 3.05) is 18.9 Å². The van der Waals surface area contributed by atoms with Crippen molar-refractivity contribution in [1.82, 2.24) is 30.8 Å². The molecule has 2 aliphatic rings. The van der Waals surface area contributed by atoms with Gasteiger partial charge in [0, 0.05) is 19.7 Å². The first-order valence-corrected chi connectivity index (χ1v) is 11.0. The Labute approximate surface area is 192 Å². The molecule has 33 heavy (non-hydrogen) atoms. The molecule has 9 heteroatoms. The van der Waals surface area contributed by atoms with Crippen LogP contribution in [0.1, 0.15) is 17.5 Å². The summed E-state index contributed by atoms with van der Waals surface area (Å²) in [5.74, 6) is 0.149. The lowest BCUT2D eigenvalue weighted by molar-refractivity contribution is -0.131. The smallest absolute Gasteiger partial charge is 0.230 e. The molecule has 3 aromatic rings. The van der Waals surface area contributed by atoms with E-state index in [2.05, 4.69) is 38.6 Å². The first kappa shape index (κ1) is 21.3. The van der Waals surface area contributed by atoms with Gasteiger partial charge >= 0.3 is 0 Å². The van der Waals surface area contributed by atoms with Gasteiger partial charge in [0.15, 0.2) is 6.29 Å². The number of benzene rings is 2. The van der Waals surface area contributed by atoms with Crippen LogP contribution in [-0.4, -0.2) is 46.4 Å². The summed E-state index contributed by atoms with van der Waals surface area (Å²) in [6.45, 7) is 2.43. The summed E-state index contributed by atoms with van der Waals surface area (Å²) in [6, 6.07) is 19.9. The third-order valence-corrected chi connectivity index (χ3v) is 6.10. The lowest BCUT2D eigenvalue weighted by Crippen LogP contribution is -2.61. The van der Waals surface area contributed by atoms with Crippen molar-refractivity contribution in [3.8, 4) is 11.1 Å². The normalized spacial score (nSPS) is 22.6. The fourth-order valence-electron chi connectivity index (χ4n) is 4.39. The molecular formula is C24H27N7O2. The summed E-state index contributed by atoms with van der Waals surface area (Å²) in [5, 5.41) is 15.7. The fourth-order valence-corrected chi connectivity index (χ4v) is 4.39. The number of carbonyl (C=O) groups excluding carboxylic acids is 2. The second kappa shape index (κ2) is 8.78. The third-order valence-electron chi connectivity index (χ3n) is 6.10. The lowest BCUT2D eigenvalue weighted by Gasteiger charge is -2.35. The number of hydrogen-bond acceptors (Lipinski definition) is 6. The highest BCUT2D eigenvalue weighted by molar-refractivity contribution is 5.91. The molecular weight excluding hydrogens is 418 g/mol. The molecule has 2 fully saturated rings. The second-order valence-corrected chi connectivity index (χ2v) is 8.51. The molecule has 4 N–H and O–H groups in total. The van der Waals surface area contributed by atoms with E-state index in [-0.39, 0.29) is 30.3 Å². The van der Waals surface area contributed by atoms with Crippen LogP contribution in [0.15, 0.2) is 60.7 Å². The van der Waals surface area contributed by atoms with Gasteiger partial charge in [0.05, 0.1) is 24.2 Å². The molecule has 0 radical (unpaired) electrons. The third kappa shape index (κ3) is 4.38. The van der Waals surface area contributed by atoms with Gasteiger partial charge in [-0.05, 0) is 23.6 Å². The summed E-state index contributed by atoms with van der Waals surface area (Å²) >= 11 is 0. The average molecular weight is 446 g/mol. The topological polar surface area (TPSA) is 103 Å². The molecule has 2 aromatic carbocycles. The van der Waals surface area contributed by atoms with Crippen molar-refractivity contribution in [1.29, 1.82) is 0 Å². The van der Waals surface area contributed by atoms with E-state index < -0.39 is 6.29 Å². The number of aromatic nitrogens is 2. The Balaban J connectivity index is 1.27. The van der Waals surface area contributed by atoms with E-state index in [9.17, 15) is 9.59 Å². The zero-order valence-electron chi connectivity index (χ0n) is 18.6. The predicted octanol–water partition coefficient (Wildman–Crippen LogP) is 1.61. The van der Waals surface area contributed by atoms with Crippen LogP contribution in [0.4, 0.5) is 5.82 Å². The SMILES string of the molecule is Cc1cc(NC(=O)Cc2ccc(-c3ccccc3)cc2)n(C2NC(=O)C3CNN(C)C3N2)n1. The Kier molecular flexibility index (Phi) is 5.67. The summed E-state index contributed by atoms with van der Waals surface area (Å²) in [5.41, 5.74) is 7.08. The van der Waals surface area contributed by atoms with Crippen LogP contribution < -0.4 is 21.4 Å². The predicted molar refractivity (Wildman–Crippen MR) is 125 cm³/mol. The highest BCUT2D eigenvalue weighted by Gasteiger charge is 2.43. The molecule has 0 spiro atoms. The van der Waals surface area contributed by atoms with Gasteiger partial charge in [0.1, 0.15) is 5.82 Å². The Morgan fingerprint density at radius 2 is 1.85 bits per heavy atom. The van der Waals surface area contributed by atoms with Crippen LogP contribution in [0, 0.1) is 12.8 Å². The zero-order chi connectivity index (χ0) is 22.9. The molecule has 0 bridgehead atoms. The number of hydrazine groups is 1. The number of anilines is 1. The van der Waals surface area contributed by atoms with Crippen LogP contribution >= 0.6 is 0 Å². The van der Waals surface area contributed by atoms with Crippen molar-refractivity contribution >= 4 is 17.6 Å². The van der Waals surface area contributed by atoms with Gasteiger partial charge in [-0.3, -0.25) is 20.3 Å². The van der Waals surface area contributed by atoms with Crippen LogP contribution in [-0.2, 0) is 16.0 Å². The van der Waals surface area contributed by atoms with E-state index in [4.69, 9.17) is 0 Å². The Bertz CT molecular complexity index is 1160. The van der Waals surface area contributed by atoms with Crippen molar-refractivity contribution in [3.05, 3.63) is 71.9 Å². The van der Waals surface area contributed by atoms with E-state index >= 15 is 0 Å². The molecule has 1 aromatic heterocycles. The maximum atomic E-state index is 12.8. The first-order valence-electron chi connectivity index (χ1n) is 11.0. The summed E-state index contributed by atoms with van der Waals surface area (Å²) < 4.78 is 1.62. The molecule has 3 heterocycles. The van der Waals surface area contributed by atoms with Crippen molar-refractivity contribution in [2.45, 2.75) is 25.8 Å². The Morgan fingerprint density at radius 3 is 2.61 bits per heavy atom. The number of rotatable bonds is 5. The summed E-state index contributed by atoms with van der Waals surface area (Å²) in [4.78, 5) is 25.4. The quantitative estimate of drug-likeness (QED) is 0.476. The van der Waals surface area contributed by atoms with E-state index in [1.807, 2.05) is 61.4 Å². The van der Waals surface area contributed by atoms with Crippen molar-refractivity contribution < 1.29 is 9.59 Å². The van der Waals surface area contributed by atoms with Crippen molar-refractivity contribution in [3.63, 3.8) is 0 Å². The monoisotopic (exact) mass is 445 g/mol. The second-order valence-electron chi connectivity index (χ2n) is 8.51. The van der Waals surface area contributed by atoms with E-state index in [1.54, 1.807) is 10.7 Å². The largest absolute Gasteiger partial charge is 0.321 e. The molecule has 0 saturated carbocycles. The standard InChI is InChI=1S/C24H27N7O2/c1-15-12-20(31(29-15)24-27-22-19(23(33)28-24)14-25-30(22)2)26-21(32)13-16-8-10-18(11-9-16)17-6-4-3-5-7-17/h3-12,19,22,24-25,27H,13-14H2,1-2H3,(H,26,32)(H,28,33). The van der Waals surface area contributed by atoms with Crippen LogP contribution in [0.25, 0.3) is 11.1 Å². The number of nitrogens with one attached hydrogen (secondary N) is 4. The first-order chi connectivity index (χ1) is 16.0. The Hall–Kier alpha value is -3.53. The minimum absolute atomic E-state index is 0.0514. The molecule has 170 valence electrons. The number of nitrogens with zero attached hydrogens (tertiary/aromatic N) is 3. The minimum atomic E-state index is -0.560. The number of carbonyl (C=O) groups is 2. The average Bonchev–Trinajstić information content (AvgIpc) is 3.37. The maximum Gasteiger partial charge on any atom is 0.230 e. The molecule has 3 unspecified atom stereocenters. The van der Waals surface area contributed by atoms with E-state index in [1.165, 1.54) is 0 Å².